The second-order valence-corrected chi connectivity index (χ2v) is 5.00. The van der Waals surface area contributed by atoms with Crippen LogP contribution in [0.1, 0.15) is 40.0 Å². The number of carbonyl (C=O) groups is 1. The molecule has 0 radical (unpaired) electrons. The highest BCUT2D eigenvalue weighted by molar-refractivity contribution is 5.85. The Hall–Kier alpha value is -0.280. The summed E-state index contributed by atoms with van der Waals surface area (Å²) in [5.74, 6) is 0.620. The van der Waals surface area contributed by atoms with E-state index in [9.17, 15) is 4.79 Å². The Morgan fingerprint density at radius 2 is 1.94 bits per heavy atom. The summed E-state index contributed by atoms with van der Waals surface area (Å²) < 4.78 is 5.09. The van der Waals surface area contributed by atoms with Crippen molar-refractivity contribution in [3.63, 3.8) is 0 Å². The molecule has 0 aromatic carbocycles. The first-order valence-electron chi connectivity index (χ1n) is 5.94. The van der Waals surface area contributed by atoms with Gasteiger partial charge in [-0.1, -0.05) is 0 Å². The van der Waals surface area contributed by atoms with Crippen LogP contribution in [-0.4, -0.2) is 25.7 Å². The van der Waals surface area contributed by atoms with Crippen molar-refractivity contribution in [3.05, 3.63) is 0 Å². The van der Waals surface area contributed by atoms with E-state index >= 15 is 0 Å². The molecule has 4 heteroatoms. The lowest BCUT2D eigenvalue weighted by molar-refractivity contribution is -0.154. The number of piperidine rings is 1. The van der Waals surface area contributed by atoms with Gasteiger partial charge in [0.25, 0.3) is 0 Å². The van der Waals surface area contributed by atoms with Crippen LogP contribution in [0, 0.1) is 11.3 Å². The van der Waals surface area contributed by atoms with Gasteiger partial charge in [0.2, 0.25) is 0 Å². The van der Waals surface area contributed by atoms with Gasteiger partial charge in [0, 0.05) is 0 Å². The molecule has 0 atom stereocenters. The van der Waals surface area contributed by atoms with Crippen LogP contribution >= 0.6 is 12.4 Å². The number of halogens is 1. The monoisotopic (exact) mass is 249 g/mol. The number of nitrogens with one attached hydrogen (secondary N) is 1. The molecule has 3 nitrogen and oxygen atoms in total. The standard InChI is InChI=1S/C12H23NO2.ClH/c1-4-15-11(14)12(2,3)9-10-5-7-13-8-6-10;/h10,13H,4-9H2,1-3H3;1H. The highest BCUT2D eigenvalue weighted by Gasteiger charge is 2.32. The molecular formula is C12H24ClNO2. The fourth-order valence-electron chi connectivity index (χ4n) is 2.22. The number of rotatable bonds is 4. The topological polar surface area (TPSA) is 38.3 Å². The lowest BCUT2D eigenvalue weighted by Gasteiger charge is -2.30. The minimum atomic E-state index is -0.321. The predicted molar refractivity (Wildman–Crippen MR) is 67.9 cm³/mol. The maximum atomic E-state index is 11.7. The van der Waals surface area contributed by atoms with Crippen LogP contribution in [0.4, 0.5) is 0 Å². The third kappa shape index (κ3) is 4.71. The maximum absolute atomic E-state index is 11.7. The van der Waals surface area contributed by atoms with E-state index in [0.29, 0.717) is 12.5 Å². The summed E-state index contributed by atoms with van der Waals surface area (Å²) in [6.07, 6.45) is 3.32. The van der Waals surface area contributed by atoms with Crippen LogP contribution in [0.2, 0.25) is 0 Å². The van der Waals surface area contributed by atoms with E-state index in [0.717, 1.165) is 19.5 Å². The third-order valence-corrected chi connectivity index (χ3v) is 3.09. The van der Waals surface area contributed by atoms with Gasteiger partial charge in [-0.2, -0.15) is 0 Å². The van der Waals surface area contributed by atoms with Gasteiger partial charge in [-0.15, -0.1) is 12.4 Å². The van der Waals surface area contributed by atoms with Crippen molar-refractivity contribution >= 4 is 18.4 Å². The second-order valence-electron chi connectivity index (χ2n) is 5.00. The fraction of sp³-hybridized carbons (Fsp3) is 0.917. The Balaban J connectivity index is 0.00000225. The molecule has 1 rings (SSSR count). The smallest absolute Gasteiger partial charge is 0.311 e. The van der Waals surface area contributed by atoms with E-state index in [1.54, 1.807) is 0 Å². The lowest BCUT2D eigenvalue weighted by atomic mass is 9.79. The molecule has 1 heterocycles. The molecule has 0 spiro atoms. The second kappa shape index (κ2) is 7.13. The summed E-state index contributed by atoms with van der Waals surface area (Å²) in [7, 11) is 0. The van der Waals surface area contributed by atoms with Crippen molar-refractivity contribution in [2.45, 2.75) is 40.0 Å². The molecule has 96 valence electrons. The summed E-state index contributed by atoms with van der Waals surface area (Å²) in [6, 6.07) is 0. The summed E-state index contributed by atoms with van der Waals surface area (Å²) in [5, 5.41) is 3.34. The minimum absolute atomic E-state index is 0. The SMILES string of the molecule is CCOC(=O)C(C)(C)CC1CCNCC1.Cl. The Kier molecular flexibility index (Phi) is 7.00. The number of esters is 1. The van der Waals surface area contributed by atoms with Crippen molar-refractivity contribution in [1.29, 1.82) is 0 Å². The first-order valence-corrected chi connectivity index (χ1v) is 5.94. The van der Waals surface area contributed by atoms with Crippen molar-refractivity contribution in [1.82, 2.24) is 5.32 Å². The zero-order valence-corrected chi connectivity index (χ0v) is 11.4. The molecule has 0 aromatic rings. The first-order chi connectivity index (χ1) is 7.06. The number of hydrogen-bond donors (Lipinski definition) is 1. The van der Waals surface area contributed by atoms with Crippen molar-refractivity contribution in [2.75, 3.05) is 19.7 Å². The summed E-state index contributed by atoms with van der Waals surface area (Å²) >= 11 is 0. The number of hydrogen-bond acceptors (Lipinski definition) is 3. The lowest BCUT2D eigenvalue weighted by Crippen LogP contribution is -2.34. The third-order valence-electron chi connectivity index (χ3n) is 3.09. The Bertz CT molecular complexity index is 213. The molecule has 1 N–H and O–H groups in total. The van der Waals surface area contributed by atoms with Gasteiger partial charge in [-0.05, 0) is 59.0 Å². The normalized spacial score (nSPS) is 17.7. The molecule has 0 aliphatic carbocycles. The van der Waals surface area contributed by atoms with Crippen molar-refractivity contribution in [3.8, 4) is 0 Å². The Morgan fingerprint density at radius 1 is 1.38 bits per heavy atom. The molecule has 0 bridgehead atoms. The zero-order valence-electron chi connectivity index (χ0n) is 10.5. The summed E-state index contributed by atoms with van der Waals surface area (Å²) in [5.41, 5.74) is -0.321. The van der Waals surface area contributed by atoms with E-state index in [4.69, 9.17) is 4.74 Å². The first kappa shape index (κ1) is 15.7. The summed E-state index contributed by atoms with van der Waals surface area (Å²) in [6.45, 7) is 8.50. The molecule has 0 saturated carbocycles. The minimum Gasteiger partial charge on any atom is -0.466 e. The largest absolute Gasteiger partial charge is 0.466 e. The van der Waals surface area contributed by atoms with Crippen LogP contribution in [0.5, 0.6) is 0 Å². The van der Waals surface area contributed by atoms with E-state index < -0.39 is 0 Å². The molecule has 1 fully saturated rings. The van der Waals surface area contributed by atoms with Crippen LogP contribution in [0.25, 0.3) is 0 Å². The van der Waals surface area contributed by atoms with Crippen LogP contribution in [-0.2, 0) is 9.53 Å². The van der Waals surface area contributed by atoms with Crippen LogP contribution in [0.3, 0.4) is 0 Å². The average Bonchev–Trinajstić information content (AvgIpc) is 2.19. The van der Waals surface area contributed by atoms with Gasteiger partial charge in [0.05, 0.1) is 12.0 Å². The Labute approximate surface area is 105 Å². The Morgan fingerprint density at radius 3 is 2.44 bits per heavy atom. The molecule has 0 unspecified atom stereocenters. The van der Waals surface area contributed by atoms with Gasteiger partial charge in [-0.3, -0.25) is 4.79 Å². The highest BCUT2D eigenvalue weighted by Crippen LogP contribution is 2.31. The van der Waals surface area contributed by atoms with E-state index in [2.05, 4.69) is 5.32 Å². The van der Waals surface area contributed by atoms with Gasteiger partial charge in [0.15, 0.2) is 0 Å². The fourth-order valence-corrected chi connectivity index (χ4v) is 2.22. The number of carbonyl (C=O) groups excluding carboxylic acids is 1. The molecule has 1 aliphatic rings. The molecule has 0 aromatic heterocycles. The molecule has 1 aliphatic heterocycles. The maximum Gasteiger partial charge on any atom is 0.311 e. The van der Waals surface area contributed by atoms with Crippen LogP contribution in [0.15, 0.2) is 0 Å². The number of ether oxygens (including phenoxy) is 1. The molecule has 1 saturated heterocycles. The highest BCUT2D eigenvalue weighted by atomic mass is 35.5. The van der Waals surface area contributed by atoms with Crippen LogP contribution < -0.4 is 5.32 Å². The van der Waals surface area contributed by atoms with Crippen molar-refractivity contribution < 1.29 is 9.53 Å². The quantitative estimate of drug-likeness (QED) is 0.778. The van der Waals surface area contributed by atoms with E-state index in [-0.39, 0.29) is 23.8 Å². The van der Waals surface area contributed by atoms with Gasteiger partial charge < -0.3 is 10.1 Å². The van der Waals surface area contributed by atoms with E-state index in [1.807, 2.05) is 20.8 Å². The van der Waals surface area contributed by atoms with Crippen molar-refractivity contribution in [2.24, 2.45) is 11.3 Å². The van der Waals surface area contributed by atoms with Gasteiger partial charge in [-0.25, -0.2) is 0 Å². The van der Waals surface area contributed by atoms with Gasteiger partial charge in [0.1, 0.15) is 0 Å². The van der Waals surface area contributed by atoms with E-state index in [1.165, 1.54) is 12.8 Å². The predicted octanol–water partition coefficient (Wildman–Crippen LogP) is 2.39. The zero-order chi connectivity index (χ0) is 11.3. The molecule has 0 amide bonds. The average molecular weight is 250 g/mol. The van der Waals surface area contributed by atoms with Gasteiger partial charge >= 0.3 is 5.97 Å². The molecular weight excluding hydrogens is 226 g/mol. The summed E-state index contributed by atoms with van der Waals surface area (Å²) in [4.78, 5) is 11.7. The molecule has 16 heavy (non-hydrogen) atoms.